The summed E-state index contributed by atoms with van der Waals surface area (Å²) in [5.74, 6) is -0.655. The molecule has 5 nitrogen and oxygen atoms in total. The van der Waals surface area contributed by atoms with Crippen LogP contribution in [0.5, 0.6) is 5.75 Å². The van der Waals surface area contributed by atoms with E-state index in [-0.39, 0.29) is 23.3 Å². The third kappa shape index (κ3) is 5.08. The number of benzene rings is 2. The summed E-state index contributed by atoms with van der Waals surface area (Å²) in [4.78, 5) is 23.2. The second-order valence-corrected chi connectivity index (χ2v) is 5.33. The van der Waals surface area contributed by atoms with Gasteiger partial charge in [-0.05, 0) is 37.3 Å². The zero-order valence-corrected chi connectivity index (χ0v) is 13.5. The van der Waals surface area contributed by atoms with Crippen molar-refractivity contribution in [3.05, 3.63) is 59.9 Å². The summed E-state index contributed by atoms with van der Waals surface area (Å²) in [5.41, 5.74) is 0.232. The van der Waals surface area contributed by atoms with Crippen LogP contribution in [0.1, 0.15) is 24.2 Å². The number of rotatable bonds is 6. The molecular weight excluding hydrogens is 311 g/mol. The van der Waals surface area contributed by atoms with Gasteiger partial charge in [0.15, 0.2) is 0 Å². The lowest BCUT2D eigenvalue weighted by molar-refractivity contribution is -0.114. The van der Waals surface area contributed by atoms with E-state index >= 15 is 0 Å². The summed E-state index contributed by atoms with van der Waals surface area (Å²) in [6.45, 7) is 3.40. The van der Waals surface area contributed by atoms with Crippen LogP contribution in [0.25, 0.3) is 0 Å². The second-order valence-electron chi connectivity index (χ2n) is 5.33. The highest BCUT2D eigenvalue weighted by Gasteiger charge is 2.12. The highest BCUT2D eigenvalue weighted by Crippen LogP contribution is 2.16. The maximum atomic E-state index is 13.6. The molecule has 0 bridgehead atoms. The molecule has 0 heterocycles. The summed E-state index contributed by atoms with van der Waals surface area (Å²) in [6.07, 6.45) is -0.230. The number of halogens is 1. The Labute approximate surface area is 139 Å². The lowest BCUT2D eigenvalue weighted by atomic mass is 10.1. The topological polar surface area (TPSA) is 67.4 Å². The molecule has 2 amide bonds. The van der Waals surface area contributed by atoms with Gasteiger partial charge in [0.05, 0.1) is 12.2 Å². The summed E-state index contributed by atoms with van der Waals surface area (Å²) in [7, 11) is 0. The van der Waals surface area contributed by atoms with E-state index in [0.29, 0.717) is 12.3 Å². The Morgan fingerprint density at radius 1 is 1.17 bits per heavy atom. The van der Waals surface area contributed by atoms with Crippen molar-refractivity contribution in [3.8, 4) is 5.75 Å². The van der Waals surface area contributed by atoms with Gasteiger partial charge in [-0.3, -0.25) is 9.59 Å². The van der Waals surface area contributed by atoms with Crippen molar-refractivity contribution >= 4 is 17.5 Å². The number of carbonyl (C=O) groups excluding carboxylic acids is 2. The van der Waals surface area contributed by atoms with Crippen LogP contribution < -0.4 is 15.4 Å². The Morgan fingerprint density at radius 2 is 1.88 bits per heavy atom. The van der Waals surface area contributed by atoms with E-state index < -0.39 is 11.7 Å². The molecule has 1 atom stereocenters. The number of ether oxygens (including phenoxy) is 1. The van der Waals surface area contributed by atoms with E-state index in [1.165, 1.54) is 19.1 Å². The van der Waals surface area contributed by atoms with Crippen LogP contribution in [0.2, 0.25) is 0 Å². The predicted molar refractivity (Wildman–Crippen MR) is 89.6 cm³/mol. The minimum Gasteiger partial charge on any atom is -0.489 e. The maximum absolute atomic E-state index is 13.6. The van der Waals surface area contributed by atoms with Gasteiger partial charge in [-0.15, -0.1) is 0 Å². The number of amides is 2. The lowest BCUT2D eigenvalue weighted by Crippen LogP contribution is -2.33. The molecule has 0 radical (unpaired) electrons. The van der Waals surface area contributed by atoms with E-state index in [9.17, 15) is 14.0 Å². The van der Waals surface area contributed by atoms with Gasteiger partial charge < -0.3 is 15.4 Å². The predicted octanol–water partition coefficient (Wildman–Crippen LogP) is 2.98. The van der Waals surface area contributed by atoms with Crippen LogP contribution in [-0.2, 0) is 4.79 Å². The van der Waals surface area contributed by atoms with E-state index in [4.69, 9.17) is 4.74 Å². The molecule has 0 aliphatic heterocycles. The van der Waals surface area contributed by atoms with Gasteiger partial charge in [0.2, 0.25) is 5.91 Å². The zero-order chi connectivity index (χ0) is 17.5. The number of anilines is 1. The van der Waals surface area contributed by atoms with Crippen LogP contribution in [0.3, 0.4) is 0 Å². The molecule has 24 heavy (non-hydrogen) atoms. The first-order chi connectivity index (χ1) is 11.5. The summed E-state index contributed by atoms with van der Waals surface area (Å²) >= 11 is 0. The molecular formula is C18H19FN2O3. The first kappa shape index (κ1) is 17.5. The van der Waals surface area contributed by atoms with Crippen molar-refractivity contribution in [2.45, 2.75) is 20.0 Å². The SMILES string of the molecule is CC(=O)Nc1cc(C(=O)NCC(C)Oc2ccccc2)ccc1F. The highest BCUT2D eigenvalue weighted by molar-refractivity contribution is 5.96. The lowest BCUT2D eigenvalue weighted by Gasteiger charge is -2.15. The molecule has 0 saturated carbocycles. The molecule has 2 aromatic carbocycles. The molecule has 0 aliphatic carbocycles. The number of hydrogen-bond acceptors (Lipinski definition) is 3. The van der Waals surface area contributed by atoms with Crippen molar-refractivity contribution in [1.29, 1.82) is 0 Å². The highest BCUT2D eigenvalue weighted by atomic mass is 19.1. The van der Waals surface area contributed by atoms with Gasteiger partial charge in [0.25, 0.3) is 5.91 Å². The van der Waals surface area contributed by atoms with Gasteiger partial charge in [-0.2, -0.15) is 0 Å². The first-order valence-corrected chi connectivity index (χ1v) is 7.52. The van der Waals surface area contributed by atoms with Gasteiger partial charge >= 0.3 is 0 Å². The standard InChI is InChI=1S/C18H19FN2O3/c1-12(24-15-6-4-3-5-7-15)11-20-18(23)14-8-9-16(19)17(10-14)21-13(2)22/h3-10,12H,11H2,1-2H3,(H,20,23)(H,21,22). The summed E-state index contributed by atoms with van der Waals surface area (Å²) < 4.78 is 19.2. The second kappa shape index (κ2) is 8.10. The monoisotopic (exact) mass is 330 g/mol. The van der Waals surface area contributed by atoms with Crippen molar-refractivity contribution < 1.29 is 18.7 Å². The number of para-hydroxylation sites is 1. The van der Waals surface area contributed by atoms with E-state index in [1.807, 2.05) is 37.3 Å². The molecule has 0 saturated heterocycles. The van der Waals surface area contributed by atoms with Gasteiger partial charge in [-0.25, -0.2) is 4.39 Å². The third-order valence-corrected chi connectivity index (χ3v) is 3.17. The van der Waals surface area contributed by atoms with E-state index in [2.05, 4.69) is 10.6 Å². The average Bonchev–Trinajstić information content (AvgIpc) is 2.55. The van der Waals surface area contributed by atoms with Crippen LogP contribution in [-0.4, -0.2) is 24.5 Å². The Hall–Kier alpha value is -2.89. The van der Waals surface area contributed by atoms with Crippen LogP contribution in [0.15, 0.2) is 48.5 Å². The number of nitrogens with one attached hydrogen (secondary N) is 2. The Kier molecular flexibility index (Phi) is 5.89. The minimum absolute atomic E-state index is 0.0243. The summed E-state index contributed by atoms with van der Waals surface area (Å²) in [5, 5.41) is 5.07. The van der Waals surface area contributed by atoms with Crippen molar-refractivity contribution in [3.63, 3.8) is 0 Å². The molecule has 6 heteroatoms. The quantitative estimate of drug-likeness (QED) is 0.856. The molecule has 0 fully saturated rings. The summed E-state index contributed by atoms with van der Waals surface area (Å²) in [6, 6.07) is 13.1. The molecule has 0 aliphatic rings. The average molecular weight is 330 g/mol. The van der Waals surface area contributed by atoms with Gasteiger partial charge in [0.1, 0.15) is 17.7 Å². The van der Waals surface area contributed by atoms with Crippen molar-refractivity contribution in [1.82, 2.24) is 5.32 Å². The molecule has 2 rings (SSSR count). The largest absolute Gasteiger partial charge is 0.489 e. The van der Waals surface area contributed by atoms with Crippen LogP contribution in [0.4, 0.5) is 10.1 Å². The maximum Gasteiger partial charge on any atom is 0.251 e. The smallest absolute Gasteiger partial charge is 0.251 e. The molecule has 0 spiro atoms. The molecule has 2 N–H and O–H groups in total. The van der Waals surface area contributed by atoms with Crippen molar-refractivity contribution in [2.75, 3.05) is 11.9 Å². The van der Waals surface area contributed by atoms with Gasteiger partial charge in [0, 0.05) is 12.5 Å². The van der Waals surface area contributed by atoms with E-state index in [1.54, 1.807) is 0 Å². The Bertz CT molecular complexity index is 719. The first-order valence-electron chi connectivity index (χ1n) is 7.52. The Morgan fingerprint density at radius 3 is 2.54 bits per heavy atom. The fraction of sp³-hybridized carbons (Fsp3) is 0.222. The molecule has 2 aromatic rings. The van der Waals surface area contributed by atoms with Crippen LogP contribution >= 0.6 is 0 Å². The third-order valence-electron chi connectivity index (χ3n) is 3.17. The number of carbonyl (C=O) groups is 2. The van der Waals surface area contributed by atoms with Crippen LogP contribution in [0, 0.1) is 5.82 Å². The zero-order valence-electron chi connectivity index (χ0n) is 13.5. The van der Waals surface area contributed by atoms with Gasteiger partial charge in [-0.1, -0.05) is 18.2 Å². The normalized spacial score (nSPS) is 11.5. The van der Waals surface area contributed by atoms with Crippen molar-refractivity contribution in [2.24, 2.45) is 0 Å². The Balaban J connectivity index is 1.93. The number of hydrogen-bond donors (Lipinski definition) is 2. The molecule has 1 unspecified atom stereocenters. The minimum atomic E-state index is -0.595. The fourth-order valence-electron chi connectivity index (χ4n) is 2.06. The van der Waals surface area contributed by atoms with E-state index in [0.717, 1.165) is 6.07 Å². The molecule has 126 valence electrons. The molecule has 0 aromatic heterocycles. The fourth-order valence-corrected chi connectivity index (χ4v) is 2.06.